The number of nitrogens with zero attached hydrogens (tertiary/aromatic N) is 2. The lowest BCUT2D eigenvalue weighted by Gasteiger charge is -2.31. The molecule has 2 nitrogen and oxygen atoms in total. The van der Waals surface area contributed by atoms with Gasteiger partial charge in [-0.2, -0.15) is 0 Å². The van der Waals surface area contributed by atoms with E-state index in [0.717, 1.165) is 34.1 Å². The zero-order valence-corrected chi connectivity index (χ0v) is 39.4. The highest BCUT2D eigenvalue weighted by molar-refractivity contribution is 6.10. The summed E-state index contributed by atoms with van der Waals surface area (Å²) in [4.78, 5) is 4.98. The van der Waals surface area contributed by atoms with Crippen molar-refractivity contribution in [2.75, 3.05) is 9.80 Å². The van der Waals surface area contributed by atoms with Gasteiger partial charge in [-0.15, -0.1) is 0 Å². The number of aryl methyl sites for hydroxylation is 10. The van der Waals surface area contributed by atoms with Crippen LogP contribution in [0.3, 0.4) is 0 Å². The summed E-state index contributed by atoms with van der Waals surface area (Å²) in [7, 11) is 0. The Balaban J connectivity index is 1.53. The quantitative estimate of drug-likeness (QED) is 0.151. The van der Waals surface area contributed by atoms with Gasteiger partial charge in [-0.3, -0.25) is 0 Å². The molecule has 0 aliphatic carbocycles. The Hall–Kier alpha value is -6.38. The third-order valence-electron chi connectivity index (χ3n) is 14.0. The van der Waals surface area contributed by atoms with Gasteiger partial charge in [-0.25, -0.2) is 0 Å². The van der Waals surface area contributed by atoms with Gasteiger partial charge < -0.3 is 9.80 Å². The first-order chi connectivity index (χ1) is 29.5. The van der Waals surface area contributed by atoms with Gasteiger partial charge in [0.15, 0.2) is 0 Å². The summed E-state index contributed by atoms with van der Waals surface area (Å²) in [5.74, 6) is 0. The lowest BCUT2D eigenvalue weighted by molar-refractivity contribution is 1.19. The molecule has 2 heteroatoms. The van der Waals surface area contributed by atoms with Gasteiger partial charge in [-0.05, 0) is 270 Å². The Labute approximate surface area is 371 Å². The summed E-state index contributed by atoms with van der Waals surface area (Å²) in [5, 5.41) is 2.42. The minimum absolute atomic E-state index is 1.13. The van der Waals surface area contributed by atoms with E-state index < -0.39 is 0 Å². The molecule has 0 aliphatic heterocycles. The van der Waals surface area contributed by atoms with Crippen molar-refractivity contribution in [2.24, 2.45) is 0 Å². The monoisotopic (exact) mass is 810 g/mol. The number of hydrogen-bond donors (Lipinski definition) is 0. The molecule has 0 bridgehead atoms. The van der Waals surface area contributed by atoms with E-state index in [1.807, 2.05) is 0 Å². The van der Waals surface area contributed by atoms with Gasteiger partial charge in [0, 0.05) is 34.1 Å². The molecule has 0 N–H and O–H groups in total. The van der Waals surface area contributed by atoms with Gasteiger partial charge in [0.1, 0.15) is 0 Å². The predicted molar refractivity (Wildman–Crippen MR) is 271 cm³/mol. The molecule has 8 aromatic rings. The Kier molecular flexibility index (Phi) is 11.2. The van der Waals surface area contributed by atoms with Crippen molar-refractivity contribution in [3.8, 4) is 22.3 Å². The van der Waals surface area contributed by atoms with Crippen LogP contribution in [-0.4, -0.2) is 0 Å². The third-order valence-corrected chi connectivity index (χ3v) is 14.0. The Morgan fingerprint density at radius 1 is 0.242 bits per heavy atom. The average molecular weight is 811 g/mol. The second-order valence-electron chi connectivity index (χ2n) is 18.3. The highest BCUT2D eigenvalue weighted by Crippen LogP contribution is 2.48. The second-order valence-corrected chi connectivity index (χ2v) is 18.3. The highest BCUT2D eigenvalue weighted by atomic mass is 15.1. The topological polar surface area (TPSA) is 6.48 Å². The minimum atomic E-state index is 1.13. The molecule has 8 rings (SSSR count). The van der Waals surface area contributed by atoms with Crippen LogP contribution >= 0.6 is 0 Å². The molecule has 0 amide bonds. The van der Waals surface area contributed by atoms with Gasteiger partial charge in [0.05, 0.1) is 0 Å². The maximum absolute atomic E-state index is 2.49. The van der Waals surface area contributed by atoms with Crippen LogP contribution in [0.4, 0.5) is 34.1 Å². The van der Waals surface area contributed by atoms with Crippen molar-refractivity contribution in [2.45, 2.75) is 96.9 Å². The lowest BCUT2D eigenvalue weighted by Crippen LogP contribution is -2.13. The molecule has 312 valence electrons. The molecular formula is C60H62N2. The Morgan fingerprint density at radius 3 is 0.677 bits per heavy atom. The van der Waals surface area contributed by atoms with E-state index >= 15 is 0 Å². The summed E-state index contributed by atoms with van der Waals surface area (Å²) in [6.45, 7) is 31.2. The van der Waals surface area contributed by atoms with Crippen molar-refractivity contribution in [1.82, 2.24) is 0 Å². The second kappa shape index (κ2) is 16.5. The van der Waals surface area contributed by atoms with Crippen LogP contribution in [0.25, 0.3) is 33.0 Å². The summed E-state index contributed by atoms with van der Waals surface area (Å²) >= 11 is 0. The molecule has 0 aromatic heterocycles. The minimum Gasteiger partial charge on any atom is -0.310 e. The van der Waals surface area contributed by atoms with E-state index in [-0.39, 0.29) is 0 Å². The van der Waals surface area contributed by atoms with E-state index in [0.29, 0.717) is 0 Å². The highest BCUT2D eigenvalue weighted by Gasteiger charge is 2.23. The van der Waals surface area contributed by atoms with Crippen molar-refractivity contribution in [3.05, 3.63) is 199 Å². The van der Waals surface area contributed by atoms with Crippen molar-refractivity contribution >= 4 is 44.9 Å². The largest absolute Gasteiger partial charge is 0.310 e. The number of fused-ring (bicyclic) bond motifs is 1. The Morgan fingerprint density at radius 2 is 0.452 bits per heavy atom. The van der Waals surface area contributed by atoms with E-state index in [4.69, 9.17) is 0 Å². The van der Waals surface area contributed by atoms with E-state index in [2.05, 4.69) is 228 Å². The normalized spacial score (nSPS) is 11.4. The summed E-state index contributed by atoms with van der Waals surface area (Å²) in [6, 6.07) is 46.9. The van der Waals surface area contributed by atoms with Gasteiger partial charge in [-0.1, -0.05) is 59.7 Å². The molecule has 0 saturated carbocycles. The number of hydrogen-bond acceptors (Lipinski definition) is 2. The molecule has 8 aromatic carbocycles. The van der Waals surface area contributed by atoms with E-state index in [9.17, 15) is 0 Å². The van der Waals surface area contributed by atoms with Gasteiger partial charge >= 0.3 is 0 Å². The fraction of sp³-hybridized carbons (Fsp3) is 0.233. The summed E-state index contributed by atoms with van der Waals surface area (Å²) in [5.41, 5.74) is 29.8. The molecule has 0 atom stereocenters. The van der Waals surface area contributed by atoms with Crippen molar-refractivity contribution < 1.29 is 0 Å². The van der Waals surface area contributed by atoms with Crippen LogP contribution in [0.2, 0.25) is 0 Å². The zero-order valence-electron chi connectivity index (χ0n) is 39.4. The summed E-state index contributed by atoms with van der Waals surface area (Å²) in [6.07, 6.45) is 0. The van der Waals surface area contributed by atoms with Crippen LogP contribution in [0.5, 0.6) is 0 Å². The molecule has 0 fully saturated rings. The molecule has 0 aliphatic rings. The van der Waals surface area contributed by atoms with E-state index in [1.165, 1.54) is 111 Å². The SMILES string of the molecule is Cc1ccc(-c2cc(N(c3cc(C)c(C)c(C)c3)c3cc(C)c(C)c(C)c3)cc3c(-c4ccc(C)cc4)cc(N(c4cc(C)c(C)c(C)c4)c4cc(C)c(C)c(C)c4)cc23)cc1. The first kappa shape index (κ1) is 42.3. The molecule has 0 saturated heterocycles. The number of benzene rings is 8. The standard InChI is InChI=1S/C60H62N2/c1-35-15-19-49(20-16-35)57-31-55(61(51-23-37(3)45(11)38(4)24-51)52-25-39(5)46(12)40(6)26-52)34-60-58(50-21-17-36(2)18-22-50)32-56(33-59(57)60)62(53-27-41(7)47(13)42(8)28-53)54-29-43(9)48(14)44(10)30-54/h15-34H,1-14H3. The van der Waals surface area contributed by atoms with Crippen LogP contribution < -0.4 is 9.80 Å². The molecule has 0 radical (unpaired) electrons. The van der Waals surface area contributed by atoms with Crippen LogP contribution in [0, 0.1) is 96.9 Å². The van der Waals surface area contributed by atoms with Gasteiger partial charge in [0.25, 0.3) is 0 Å². The third kappa shape index (κ3) is 7.84. The average Bonchev–Trinajstić information content (AvgIpc) is 3.23. The fourth-order valence-corrected chi connectivity index (χ4v) is 9.10. The summed E-state index contributed by atoms with van der Waals surface area (Å²) < 4.78 is 0. The maximum Gasteiger partial charge on any atom is 0.0474 e. The molecular weight excluding hydrogens is 749 g/mol. The molecule has 62 heavy (non-hydrogen) atoms. The smallest absolute Gasteiger partial charge is 0.0474 e. The lowest BCUT2D eigenvalue weighted by atomic mass is 9.90. The van der Waals surface area contributed by atoms with Crippen LogP contribution in [0.15, 0.2) is 121 Å². The predicted octanol–water partition coefficient (Wildman–Crippen LogP) is 17.4. The first-order valence-corrected chi connectivity index (χ1v) is 22.2. The first-order valence-electron chi connectivity index (χ1n) is 22.2. The molecule has 0 spiro atoms. The zero-order chi connectivity index (χ0) is 44.3. The number of rotatable bonds is 8. The number of anilines is 6. The Bertz CT molecular complexity index is 2620. The van der Waals surface area contributed by atoms with Crippen molar-refractivity contribution in [1.29, 1.82) is 0 Å². The fourth-order valence-electron chi connectivity index (χ4n) is 9.10. The maximum atomic E-state index is 2.49. The van der Waals surface area contributed by atoms with Gasteiger partial charge in [0.2, 0.25) is 0 Å². The van der Waals surface area contributed by atoms with E-state index in [1.54, 1.807) is 0 Å². The molecule has 0 heterocycles. The molecule has 0 unspecified atom stereocenters. The van der Waals surface area contributed by atoms with Crippen LogP contribution in [0.1, 0.15) is 77.9 Å². The van der Waals surface area contributed by atoms with Crippen LogP contribution in [-0.2, 0) is 0 Å². The van der Waals surface area contributed by atoms with Crippen molar-refractivity contribution in [3.63, 3.8) is 0 Å².